The minimum absolute atomic E-state index is 0.118. The van der Waals surface area contributed by atoms with Crippen LogP contribution in [0.2, 0.25) is 0 Å². The summed E-state index contributed by atoms with van der Waals surface area (Å²) in [6.45, 7) is 12.1. The molecule has 0 aromatic carbocycles. The van der Waals surface area contributed by atoms with Gasteiger partial charge in [-0.25, -0.2) is 8.42 Å². The standard InChI is InChI=1S/C15H29N3O2S/c1-12-14(8-9-16-15(3,4)5)13(2)18(17-12)10-7-11-21(6,19)20/h16H,7-11H2,1-6H3. The van der Waals surface area contributed by atoms with Gasteiger partial charge in [-0.15, -0.1) is 0 Å². The summed E-state index contributed by atoms with van der Waals surface area (Å²) in [6.07, 6.45) is 2.83. The van der Waals surface area contributed by atoms with Crippen molar-refractivity contribution in [2.24, 2.45) is 0 Å². The summed E-state index contributed by atoms with van der Waals surface area (Å²) >= 11 is 0. The first-order chi connectivity index (χ1) is 9.49. The van der Waals surface area contributed by atoms with E-state index in [4.69, 9.17) is 0 Å². The first-order valence-corrected chi connectivity index (χ1v) is 9.51. The summed E-state index contributed by atoms with van der Waals surface area (Å²) in [5.41, 5.74) is 3.58. The molecule has 0 aliphatic heterocycles. The van der Waals surface area contributed by atoms with Gasteiger partial charge in [-0.05, 0) is 59.6 Å². The first kappa shape index (κ1) is 18.2. The van der Waals surface area contributed by atoms with Gasteiger partial charge < -0.3 is 5.32 Å². The van der Waals surface area contributed by atoms with E-state index in [-0.39, 0.29) is 11.3 Å². The minimum atomic E-state index is -2.89. The molecule has 1 N–H and O–H groups in total. The Labute approximate surface area is 129 Å². The fraction of sp³-hybridized carbons (Fsp3) is 0.800. The van der Waals surface area contributed by atoms with E-state index in [0.717, 1.165) is 24.4 Å². The van der Waals surface area contributed by atoms with Crippen LogP contribution in [0.15, 0.2) is 0 Å². The third-order valence-corrected chi connectivity index (χ3v) is 4.48. The normalized spacial score (nSPS) is 12.9. The predicted molar refractivity (Wildman–Crippen MR) is 87.5 cm³/mol. The van der Waals surface area contributed by atoms with Crippen LogP contribution in [-0.4, -0.2) is 42.3 Å². The number of sulfone groups is 1. The van der Waals surface area contributed by atoms with E-state index in [1.807, 2.05) is 11.6 Å². The summed E-state index contributed by atoms with van der Waals surface area (Å²) in [5, 5.41) is 8.02. The average Bonchev–Trinajstić information content (AvgIpc) is 2.53. The number of aryl methyl sites for hydroxylation is 2. The highest BCUT2D eigenvalue weighted by Crippen LogP contribution is 2.14. The van der Waals surface area contributed by atoms with Crippen molar-refractivity contribution >= 4 is 9.84 Å². The van der Waals surface area contributed by atoms with E-state index >= 15 is 0 Å². The molecule has 0 spiro atoms. The lowest BCUT2D eigenvalue weighted by atomic mass is 10.1. The predicted octanol–water partition coefficient (Wildman–Crippen LogP) is 1.87. The van der Waals surface area contributed by atoms with Crippen molar-refractivity contribution in [2.45, 2.75) is 59.5 Å². The molecule has 122 valence electrons. The molecule has 0 atom stereocenters. The third-order valence-electron chi connectivity index (χ3n) is 3.45. The molecule has 0 aliphatic carbocycles. The zero-order valence-corrected chi connectivity index (χ0v) is 15.0. The fourth-order valence-corrected chi connectivity index (χ4v) is 3.01. The average molecular weight is 315 g/mol. The highest BCUT2D eigenvalue weighted by atomic mass is 32.2. The molecule has 5 nitrogen and oxygen atoms in total. The summed E-state index contributed by atoms with van der Waals surface area (Å²) in [6, 6.07) is 0. The number of nitrogens with zero attached hydrogens (tertiary/aromatic N) is 2. The molecule has 1 heterocycles. The van der Waals surface area contributed by atoms with Crippen molar-refractivity contribution in [1.29, 1.82) is 0 Å². The Bertz CT molecular complexity index is 568. The number of nitrogens with one attached hydrogen (secondary N) is 1. The summed E-state index contributed by atoms with van der Waals surface area (Å²) in [5.74, 6) is 0.215. The zero-order chi connectivity index (χ0) is 16.3. The molecule has 1 rings (SSSR count). The quantitative estimate of drug-likeness (QED) is 0.834. The van der Waals surface area contributed by atoms with Gasteiger partial charge in [-0.1, -0.05) is 0 Å². The van der Waals surface area contributed by atoms with Crippen LogP contribution in [0.5, 0.6) is 0 Å². The van der Waals surface area contributed by atoms with Gasteiger partial charge in [-0.2, -0.15) is 5.10 Å². The van der Waals surface area contributed by atoms with Crippen molar-refractivity contribution in [3.63, 3.8) is 0 Å². The van der Waals surface area contributed by atoms with Crippen LogP contribution in [0.3, 0.4) is 0 Å². The van der Waals surface area contributed by atoms with Crippen molar-refractivity contribution in [2.75, 3.05) is 18.6 Å². The Kier molecular flexibility index (Phi) is 5.99. The summed E-state index contributed by atoms with van der Waals surface area (Å²) in [4.78, 5) is 0. The molecule has 1 aromatic heterocycles. The number of hydrogen-bond acceptors (Lipinski definition) is 4. The maximum absolute atomic E-state index is 11.2. The molecule has 1 aromatic rings. The smallest absolute Gasteiger partial charge is 0.147 e. The molecule has 0 saturated carbocycles. The molecule has 0 radical (unpaired) electrons. The molecule has 0 unspecified atom stereocenters. The maximum atomic E-state index is 11.2. The minimum Gasteiger partial charge on any atom is -0.312 e. The van der Waals surface area contributed by atoms with Crippen molar-refractivity contribution in [1.82, 2.24) is 15.1 Å². The number of rotatable bonds is 7. The molecule has 0 fully saturated rings. The molecule has 0 bridgehead atoms. The largest absolute Gasteiger partial charge is 0.312 e. The lowest BCUT2D eigenvalue weighted by Crippen LogP contribution is -2.37. The van der Waals surface area contributed by atoms with Crippen molar-refractivity contribution in [3.05, 3.63) is 17.0 Å². The Hall–Kier alpha value is -0.880. The van der Waals surface area contributed by atoms with E-state index in [2.05, 4.69) is 38.1 Å². The van der Waals surface area contributed by atoms with Crippen LogP contribution in [0.4, 0.5) is 0 Å². The highest BCUT2D eigenvalue weighted by Gasteiger charge is 2.13. The Balaban J connectivity index is 2.63. The van der Waals surface area contributed by atoms with Crippen LogP contribution in [0, 0.1) is 13.8 Å². The molecular formula is C15H29N3O2S. The summed E-state index contributed by atoms with van der Waals surface area (Å²) in [7, 11) is -2.89. The second-order valence-corrected chi connectivity index (χ2v) is 9.04. The lowest BCUT2D eigenvalue weighted by Gasteiger charge is -2.20. The molecule has 0 amide bonds. The molecule has 6 heteroatoms. The molecule has 21 heavy (non-hydrogen) atoms. The van der Waals surface area contributed by atoms with Gasteiger partial charge >= 0.3 is 0 Å². The Morgan fingerprint density at radius 1 is 1.24 bits per heavy atom. The van der Waals surface area contributed by atoms with E-state index < -0.39 is 9.84 Å². The van der Waals surface area contributed by atoms with Gasteiger partial charge in [0.05, 0.1) is 11.4 Å². The van der Waals surface area contributed by atoms with Gasteiger partial charge in [0, 0.05) is 24.0 Å². The van der Waals surface area contributed by atoms with Gasteiger partial charge in [0.1, 0.15) is 9.84 Å². The van der Waals surface area contributed by atoms with Crippen LogP contribution >= 0.6 is 0 Å². The van der Waals surface area contributed by atoms with E-state index in [1.165, 1.54) is 11.8 Å². The monoisotopic (exact) mass is 315 g/mol. The van der Waals surface area contributed by atoms with Crippen molar-refractivity contribution in [3.8, 4) is 0 Å². The lowest BCUT2D eigenvalue weighted by molar-refractivity contribution is 0.429. The Morgan fingerprint density at radius 2 is 1.86 bits per heavy atom. The maximum Gasteiger partial charge on any atom is 0.147 e. The van der Waals surface area contributed by atoms with E-state index in [9.17, 15) is 8.42 Å². The highest BCUT2D eigenvalue weighted by molar-refractivity contribution is 7.90. The van der Waals surface area contributed by atoms with Gasteiger partial charge in [0.2, 0.25) is 0 Å². The SMILES string of the molecule is Cc1nn(CCCS(C)(=O)=O)c(C)c1CCNC(C)(C)C. The van der Waals surface area contributed by atoms with Crippen molar-refractivity contribution < 1.29 is 8.42 Å². The van der Waals surface area contributed by atoms with Gasteiger partial charge in [0.25, 0.3) is 0 Å². The second-order valence-electron chi connectivity index (χ2n) is 6.78. The van der Waals surface area contributed by atoms with E-state index in [0.29, 0.717) is 13.0 Å². The topological polar surface area (TPSA) is 64.0 Å². The molecular weight excluding hydrogens is 286 g/mol. The molecule has 0 aliphatic rings. The van der Waals surface area contributed by atoms with Crippen LogP contribution in [0.1, 0.15) is 44.1 Å². The van der Waals surface area contributed by atoms with Gasteiger partial charge in [0.15, 0.2) is 0 Å². The summed E-state index contributed by atoms with van der Waals surface area (Å²) < 4.78 is 24.3. The van der Waals surface area contributed by atoms with Crippen LogP contribution < -0.4 is 5.32 Å². The Morgan fingerprint density at radius 3 is 2.38 bits per heavy atom. The third kappa shape index (κ3) is 6.61. The number of hydrogen-bond donors (Lipinski definition) is 1. The first-order valence-electron chi connectivity index (χ1n) is 7.45. The number of aromatic nitrogens is 2. The molecule has 0 saturated heterocycles. The van der Waals surface area contributed by atoms with Crippen LogP contribution in [-0.2, 0) is 22.8 Å². The second kappa shape index (κ2) is 6.92. The zero-order valence-electron chi connectivity index (χ0n) is 14.2. The van der Waals surface area contributed by atoms with E-state index in [1.54, 1.807) is 0 Å². The van der Waals surface area contributed by atoms with Gasteiger partial charge in [-0.3, -0.25) is 4.68 Å². The fourth-order valence-electron chi connectivity index (χ4n) is 2.35. The van der Waals surface area contributed by atoms with Crippen LogP contribution in [0.25, 0.3) is 0 Å².